The van der Waals surface area contributed by atoms with Gasteiger partial charge in [0, 0.05) is 38.2 Å². The molecule has 208 valence electrons. The van der Waals surface area contributed by atoms with Crippen molar-refractivity contribution in [3.63, 3.8) is 0 Å². The molecular weight excluding hydrogens is 516 g/mol. The molecule has 10 heteroatoms. The van der Waals surface area contributed by atoms with Gasteiger partial charge in [0.1, 0.15) is 12.6 Å². The predicted molar refractivity (Wildman–Crippen MR) is 154 cm³/mol. The first kappa shape index (κ1) is 30.1. The van der Waals surface area contributed by atoms with Crippen molar-refractivity contribution in [1.29, 1.82) is 0 Å². The summed E-state index contributed by atoms with van der Waals surface area (Å²) in [4.78, 5) is 13.4. The highest BCUT2D eigenvalue weighted by atomic mass is 32.2. The second-order valence-electron chi connectivity index (χ2n) is 10.7. The highest BCUT2D eigenvalue weighted by Gasteiger charge is 2.44. The number of aromatic nitrogens is 4. The van der Waals surface area contributed by atoms with Crippen LogP contribution in [-0.4, -0.2) is 56.2 Å². The molecule has 0 saturated heterocycles. The van der Waals surface area contributed by atoms with E-state index in [0.717, 1.165) is 29.8 Å². The van der Waals surface area contributed by atoms with E-state index < -0.39 is 18.2 Å². The van der Waals surface area contributed by atoms with Crippen molar-refractivity contribution < 1.29 is 17.6 Å². The zero-order valence-corrected chi connectivity index (χ0v) is 25.7. The first-order chi connectivity index (χ1) is 17.9. The molecular formula is C28H42N4O4SSi. The summed E-state index contributed by atoms with van der Waals surface area (Å²) in [6.07, 6.45) is 4.08. The summed E-state index contributed by atoms with van der Waals surface area (Å²) >= 11 is 0. The van der Waals surface area contributed by atoms with Gasteiger partial charge in [0.15, 0.2) is 8.32 Å². The molecule has 8 nitrogen and oxygen atoms in total. The van der Waals surface area contributed by atoms with Crippen LogP contribution in [0.5, 0.6) is 0 Å². The topological polar surface area (TPSA) is 96.2 Å². The fourth-order valence-corrected chi connectivity index (χ4v) is 11.7. The van der Waals surface area contributed by atoms with Crippen LogP contribution in [0.4, 0.5) is 0 Å². The van der Waals surface area contributed by atoms with Crippen LogP contribution in [0.1, 0.15) is 53.8 Å². The van der Waals surface area contributed by atoms with Gasteiger partial charge >= 0.3 is 0 Å². The largest absolute Gasteiger partial charge is 0.416 e. The first-order valence-electron chi connectivity index (χ1n) is 13.2. The highest BCUT2D eigenvalue weighted by molar-refractivity contribution is 7.90. The van der Waals surface area contributed by atoms with E-state index in [2.05, 4.69) is 51.5 Å². The van der Waals surface area contributed by atoms with E-state index >= 15 is 0 Å². The molecule has 2 aromatic heterocycles. The van der Waals surface area contributed by atoms with Crippen molar-refractivity contribution in [2.24, 2.45) is 0 Å². The minimum Gasteiger partial charge on any atom is -0.416 e. The van der Waals surface area contributed by atoms with Crippen LogP contribution in [0, 0.1) is 0 Å². The normalized spacial score (nSPS) is 12.7. The number of imidazole rings is 1. The van der Waals surface area contributed by atoms with Crippen LogP contribution in [0.3, 0.4) is 0 Å². The molecule has 0 aliphatic heterocycles. The van der Waals surface area contributed by atoms with Gasteiger partial charge in [-0.2, -0.15) is 0 Å². The van der Waals surface area contributed by atoms with Crippen molar-refractivity contribution in [2.75, 3.05) is 20.0 Å². The third-order valence-corrected chi connectivity index (χ3v) is 14.1. The van der Waals surface area contributed by atoms with E-state index in [4.69, 9.17) is 14.1 Å². The molecule has 0 amide bonds. The van der Waals surface area contributed by atoms with Crippen molar-refractivity contribution in [3.8, 4) is 22.6 Å². The predicted octanol–water partition coefficient (Wildman–Crippen LogP) is 6.14. The molecule has 3 aromatic rings. The molecule has 1 aromatic carbocycles. The Balaban J connectivity index is 2.02. The maximum absolute atomic E-state index is 12.2. The Morgan fingerprint density at radius 1 is 0.947 bits per heavy atom. The van der Waals surface area contributed by atoms with E-state index in [1.807, 2.05) is 34.9 Å². The standard InChI is InChI=1S/C28H42N4O4SSi/c1-20(2)38(21(3)4,22(5)6)36-18-12-15-25-31-26(23-13-10-9-11-14-23)27(32(25)19-35-7)24-16-17-29-28(30-24)37(8,33)34/h9-11,13-14,16-17,20-22H,12,15,18-19H2,1-8H3. The fraction of sp³-hybridized carbons (Fsp3) is 0.536. The molecule has 0 atom stereocenters. The van der Waals surface area contributed by atoms with Gasteiger partial charge in [-0.25, -0.2) is 23.4 Å². The lowest BCUT2D eigenvalue weighted by Gasteiger charge is -2.42. The maximum Gasteiger partial charge on any atom is 0.247 e. The Kier molecular flexibility index (Phi) is 10.0. The number of hydrogen-bond donors (Lipinski definition) is 0. The minimum atomic E-state index is -3.58. The number of sulfone groups is 1. The number of methoxy groups -OCH3 is 1. The fourth-order valence-electron chi connectivity index (χ4n) is 5.65. The smallest absolute Gasteiger partial charge is 0.247 e. The lowest BCUT2D eigenvalue weighted by molar-refractivity contribution is 0.129. The average Bonchev–Trinajstić information content (AvgIpc) is 3.22. The lowest BCUT2D eigenvalue weighted by atomic mass is 10.1. The molecule has 0 aliphatic rings. The van der Waals surface area contributed by atoms with Gasteiger partial charge < -0.3 is 13.7 Å². The maximum atomic E-state index is 12.2. The third-order valence-electron chi connectivity index (χ3n) is 7.16. The van der Waals surface area contributed by atoms with Crippen molar-refractivity contribution in [2.45, 2.75) is 82.9 Å². The number of ether oxygens (including phenoxy) is 1. The zero-order chi connectivity index (χ0) is 28.1. The first-order valence-corrected chi connectivity index (χ1v) is 17.3. The number of rotatable bonds is 13. The average molecular weight is 559 g/mol. The van der Waals surface area contributed by atoms with E-state index in [-0.39, 0.29) is 11.9 Å². The summed E-state index contributed by atoms with van der Waals surface area (Å²) in [5.41, 5.74) is 4.41. The van der Waals surface area contributed by atoms with Gasteiger partial charge in [0.25, 0.3) is 0 Å². The van der Waals surface area contributed by atoms with Crippen molar-refractivity contribution >= 4 is 18.2 Å². The van der Waals surface area contributed by atoms with Gasteiger partial charge in [-0.05, 0) is 29.1 Å². The van der Waals surface area contributed by atoms with Gasteiger partial charge in [-0.15, -0.1) is 0 Å². The number of aryl methyl sites for hydroxylation is 1. The molecule has 0 unspecified atom stereocenters. The molecule has 2 heterocycles. The van der Waals surface area contributed by atoms with E-state index in [0.29, 0.717) is 41.0 Å². The number of benzene rings is 1. The van der Waals surface area contributed by atoms with Crippen LogP contribution in [-0.2, 0) is 32.2 Å². The van der Waals surface area contributed by atoms with Gasteiger partial charge in [0.2, 0.25) is 15.0 Å². The molecule has 0 aliphatic carbocycles. The summed E-state index contributed by atoms with van der Waals surface area (Å²) in [5.74, 6) is 0.842. The van der Waals surface area contributed by atoms with Gasteiger partial charge in [0.05, 0.1) is 17.1 Å². The lowest BCUT2D eigenvalue weighted by Crippen LogP contribution is -2.48. The van der Waals surface area contributed by atoms with E-state index in [1.165, 1.54) is 6.20 Å². The van der Waals surface area contributed by atoms with Gasteiger partial charge in [-0.1, -0.05) is 71.9 Å². The zero-order valence-electron chi connectivity index (χ0n) is 23.9. The molecule has 3 rings (SSSR count). The van der Waals surface area contributed by atoms with Crippen LogP contribution in [0.2, 0.25) is 16.6 Å². The molecule has 38 heavy (non-hydrogen) atoms. The Bertz CT molecular complexity index is 1290. The molecule has 0 spiro atoms. The SMILES string of the molecule is COCn1c(CCCO[Si](C(C)C)(C(C)C)C(C)C)nc(-c2ccccc2)c1-c1ccnc(S(C)(=O)=O)n1. The van der Waals surface area contributed by atoms with Crippen LogP contribution in [0.25, 0.3) is 22.6 Å². The summed E-state index contributed by atoms with van der Waals surface area (Å²) in [5, 5.41) is -0.216. The number of nitrogens with zero attached hydrogens (tertiary/aromatic N) is 4. The molecule has 0 fully saturated rings. The Morgan fingerprint density at radius 3 is 2.13 bits per heavy atom. The second kappa shape index (κ2) is 12.6. The van der Waals surface area contributed by atoms with Gasteiger partial charge in [-0.3, -0.25) is 0 Å². The summed E-state index contributed by atoms with van der Waals surface area (Å²) in [7, 11) is -3.90. The third kappa shape index (κ3) is 6.42. The molecule has 0 N–H and O–H groups in total. The summed E-state index contributed by atoms with van der Waals surface area (Å²) < 4.78 is 38.7. The van der Waals surface area contributed by atoms with E-state index in [9.17, 15) is 8.42 Å². The molecule has 0 radical (unpaired) electrons. The van der Waals surface area contributed by atoms with E-state index in [1.54, 1.807) is 13.2 Å². The Morgan fingerprint density at radius 2 is 1.58 bits per heavy atom. The Labute approximate surface area is 228 Å². The second-order valence-corrected chi connectivity index (χ2v) is 18.1. The van der Waals surface area contributed by atoms with Crippen LogP contribution < -0.4 is 0 Å². The summed E-state index contributed by atoms with van der Waals surface area (Å²) in [6, 6.07) is 11.6. The van der Waals surface area contributed by atoms with Crippen molar-refractivity contribution in [3.05, 3.63) is 48.4 Å². The quantitative estimate of drug-likeness (QED) is 0.141. The number of hydrogen-bond acceptors (Lipinski definition) is 7. The minimum absolute atomic E-state index is 0.216. The molecule has 0 bridgehead atoms. The highest BCUT2D eigenvalue weighted by Crippen LogP contribution is 2.42. The Hall–Kier alpha value is -2.40. The van der Waals surface area contributed by atoms with Crippen LogP contribution in [0.15, 0.2) is 47.8 Å². The summed E-state index contributed by atoms with van der Waals surface area (Å²) in [6.45, 7) is 14.7. The molecule has 0 saturated carbocycles. The van der Waals surface area contributed by atoms with Crippen molar-refractivity contribution in [1.82, 2.24) is 19.5 Å². The monoisotopic (exact) mass is 558 g/mol. The van der Waals surface area contributed by atoms with Crippen LogP contribution >= 0.6 is 0 Å².